The number of hydrogen-bond acceptors (Lipinski definition) is 7. The van der Waals surface area contributed by atoms with Crippen molar-refractivity contribution in [3.05, 3.63) is 68.7 Å². The van der Waals surface area contributed by atoms with E-state index in [1.54, 1.807) is 20.8 Å². The van der Waals surface area contributed by atoms with Gasteiger partial charge in [-0.1, -0.05) is 41.9 Å². The van der Waals surface area contributed by atoms with E-state index in [1.807, 2.05) is 30.3 Å². The maximum atomic E-state index is 12.1. The third-order valence-electron chi connectivity index (χ3n) is 5.42. The van der Waals surface area contributed by atoms with E-state index in [0.717, 1.165) is 11.6 Å². The number of hydrogen-bond donors (Lipinski definition) is 3. The van der Waals surface area contributed by atoms with Crippen LogP contribution < -0.4 is 15.8 Å². The molecule has 4 N–H and O–H groups in total. The number of nitrogens with zero attached hydrogens (tertiary/aromatic N) is 2. The van der Waals surface area contributed by atoms with Gasteiger partial charge in [0, 0.05) is 23.7 Å². The van der Waals surface area contributed by atoms with Crippen LogP contribution in [0.15, 0.2) is 42.5 Å². The van der Waals surface area contributed by atoms with Crippen LogP contribution in [0, 0.1) is 10.1 Å². The number of benzene rings is 2. The van der Waals surface area contributed by atoms with Crippen molar-refractivity contribution in [1.82, 2.24) is 10.2 Å². The van der Waals surface area contributed by atoms with E-state index < -0.39 is 40.3 Å². The quantitative estimate of drug-likeness (QED) is 0.195. The van der Waals surface area contributed by atoms with Gasteiger partial charge >= 0.3 is 12.2 Å². The summed E-state index contributed by atoms with van der Waals surface area (Å²) < 4.78 is 10.9. The van der Waals surface area contributed by atoms with E-state index in [1.165, 1.54) is 11.0 Å². The van der Waals surface area contributed by atoms with Crippen molar-refractivity contribution in [2.75, 3.05) is 13.2 Å². The second-order valence-electron chi connectivity index (χ2n) is 9.35. The molecule has 0 aromatic heterocycles. The van der Waals surface area contributed by atoms with Crippen LogP contribution in [0.25, 0.3) is 0 Å². The van der Waals surface area contributed by atoms with E-state index in [4.69, 9.17) is 26.8 Å². The molecule has 1 unspecified atom stereocenters. The predicted molar refractivity (Wildman–Crippen MR) is 139 cm³/mol. The summed E-state index contributed by atoms with van der Waals surface area (Å²) in [5, 5.41) is 23.5. The average molecular weight is 551 g/mol. The molecule has 0 radical (unpaired) electrons. The molecular weight excluding hydrogens is 520 g/mol. The Morgan fingerprint density at radius 1 is 1.21 bits per heavy atom. The minimum Gasteiger partial charge on any atom is -0.490 e. The summed E-state index contributed by atoms with van der Waals surface area (Å²) in [4.78, 5) is 47.5. The minimum atomic E-state index is -1.20. The second kappa shape index (κ2) is 13.5. The van der Waals surface area contributed by atoms with E-state index in [2.05, 4.69) is 5.32 Å². The van der Waals surface area contributed by atoms with Crippen LogP contribution in [0.4, 0.5) is 15.3 Å². The number of carboxylic acid groups (broad SMARTS) is 1. The molecule has 0 heterocycles. The van der Waals surface area contributed by atoms with Crippen LogP contribution in [-0.2, 0) is 11.3 Å². The van der Waals surface area contributed by atoms with Crippen molar-refractivity contribution in [2.24, 2.45) is 5.73 Å². The Bertz CT molecular complexity index is 1150. The molecule has 1 atom stereocenters. The molecule has 0 aliphatic rings. The van der Waals surface area contributed by atoms with E-state index in [9.17, 15) is 29.6 Å². The van der Waals surface area contributed by atoms with Crippen molar-refractivity contribution in [3.8, 4) is 5.75 Å². The lowest BCUT2D eigenvalue weighted by atomic mass is 10.0. The summed E-state index contributed by atoms with van der Waals surface area (Å²) in [6, 6.07) is 10.5. The molecule has 0 bridgehead atoms. The Labute approximate surface area is 224 Å². The normalized spacial score (nSPS) is 11.8. The number of amides is 3. The number of nitro groups is 1. The molecule has 0 saturated carbocycles. The number of nitro benzene ring substituents is 1. The Balaban J connectivity index is 2.10. The van der Waals surface area contributed by atoms with Crippen LogP contribution in [0.1, 0.15) is 49.5 Å². The molecule has 2 rings (SSSR count). The Kier molecular flexibility index (Phi) is 10.7. The van der Waals surface area contributed by atoms with Gasteiger partial charge in [0.2, 0.25) is 5.91 Å². The van der Waals surface area contributed by atoms with Crippen LogP contribution >= 0.6 is 11.6 Å². The first-order chi connectivity index (χ1) is 17.8. The molecule has 0 aliphatic heterocycles. The zero-order valence-electron chi connectivity index (χ0n) is 21.3. The second-order valence-corrected chi connectivity index (χ2v) is 9.73. The predicted octanol–water partition coefficient (Wildman–Crippen LogP) is 4.58. The van der Waals surface area contributed by atoms with Gasteiger partial charge in [-0.2, -0.15) is 0 Å². The molecular formula is C25H31ClN4O8. The molecule has 2 aromatic carbocycles. The molecule has 38 heavy (non-hydrogen) atoms. The number of carbonyl (C=O) groups is 3. The van der Waals surface area contributed by atoms with Gasteiger partial charge < -0.3 is 25.6 Å². The maximum Gasteiger partial charge on any atom is 0.408 e. The van der Waals surface area contributed by atoms with Gasteiger partial charge in [0.1, 0.15) is 19.0 Å². The first kappa shape index (κ1) is 30.2. The Hall–Kier alpha value is -4.06. The lowest BCUT2D eigenvalue weighted by molar-refractivity contribution is -0.384. The van der Waals surface area contributed by atoms with E-state index >= 15 is 0 Å². The fourth-order valence-corrected chi connectivity index (χ4v) is 3.96. The average Bonchev–Trinajstić information content (AvgIpc) is 2.83. The number of primary amides is 1. The summed E-state index contributed by atoms with van der Waals surface area (Å²) in [6.45, 7) is 5.19. The van der Waals surface area contributed by atoms with Gasteiger partial charge in [-0.25, -0.2) is 9.59 Å². The topological polar surface area (TPSA) is 174 Å². The highest BCUT2D eigenvalue weighted by Crippen LogP contribution is 2.36. The Morgan fingerprint density at radius 2 is 1.87 bits per heavy atom. The first-order valence-electron chi connectivity index (χ1n) is 11.7. The van der Waals surface area contributed by atoms with Crippen molar-refractivity contribution < 1.29 is 33.9 Å². The molecule has 12 nitrogen and oxygen atoms in total. The van der Waals surface area contributed by atoms with Gasteiger partial charge in [-0.15, -0.1) is 0 Å². The summed E-state index contributed by atoms with van der Waals surface area (Å²) in [7, 11) is 0. The number of nitrogens with two attached hydrogens (primary N) is 1. The highest BCUT2D eigenvalue weighted by Gasteiger charge is 2.34. The number of halogens is 1. The number of ether oxygens (including phenoxy) is 2. The smallest absolute Gasteiger partial charge is 0.408 e. The van der Waals surface area contributed by atoms with Crippen LogP contribution in [0.2, 0.25) is 5.02 Å². The summed E-state index contributed by atoms with van der Waals surface area (Å²) >= 11 is 6.12. The summed E-state index contributed by atoms with van der Waals surface area (Å²) in [6.07, 6.45) is -1.19. The highest BCUT2D eigenvalue weighted by atomic mass is 35.5. The third kappa shape index (κ3) is 8.80. The standard InChI is InChI=1S/C25H31ClN4O8/c1-25(2,3)29(24(33)34)18(10-7-11-28-23(32)38-14-16-8-5-4-6-9-16)15-37-20-13-17(22(27)31)12-19(21(20)26)30(35)36/h4-6,8-9,12-13,18H,7,10-11,14-15H2,1-3H3,(H2,27,31)(H,28,32)(H,33,34). The summed E-state index contributed by atoms with van der Waals surface area (Å²) in [5.74, 6) is -1.10. The van der Waals surface area contributed by atoms with Gasteiger partial charge in [0.05, 0.1) is 11.0 Å². The third-order valence-corrected chi connectivity index (χ3v) is 5.80. The summed E-state index contributed by atoms with van der Waals surface area (Å²) in [5.41, 5.74) is 4.53. The Morgan fingerprint density at radius 3 is 2.42 bits per heavy atom. The zero-order chi connectivity index (χ0) is 28.5. The van der Waals surface area contributed by atoms with Gasteiger partial charge in [0.25, 0.3) is 5.69 Å². The van der Waals surface area contributed by atoms with Crippen molar-refractivity contribution >= 4 is 35.4 Å². The maximum absolute atomic E-state index is 12.1. The SMILES string of the molecule is CC(C)(C)N(C(=O)O)C(CCCNC(=O)OCc1ccccc1)COc1cc(C(N)=O)cc([N+](=O)[O-])c1Cl. The largest absolute Gasteiger partial charge is 0.490 e. The van der Waals surface area contributed by atoms with E-state index in [0.29, 0.717) is 6.42 Å². The number of alkyl carbamates (subject to hydrolysis) is 1. The first-order valence-corrected chi connectivity index (χ1v) is 12.1. The van der Waals surface area contributed by atoms with Crippen molar-refractivity contribution in [2.45, 2.75) is 51.8 Å². The van der Waals surface area contributed by atoms with Crippen LogP contribution in [0.5, 0.6) is 5.75 Å². The van der Waals surface area contributed by atoms with Gasteiger partial charge in [0.15, 0.2) is 5.02 Å². The highest BCUT2D eigenvalue weighted by molar-refractivity contribution is 6.34. The molecule has 0 aliphatic carbocycles. The number of nitrogens with one attached hydrogen (secondary N) is 1. The molecule has 3 amide bonds. The van der Waals surface area contributed by atoms with Gasteiger partial charge in [-0.05, 0) is 45.2 Å². The zero-order valence-corrected chi connectivity index (χ0v) is 22.1. The van der Waals surface area contributed by atoms with Gasteiger partial charge in [-0.3, -0.25) is 19.8 Å². The molecule has 13 heteroatoms. The van der Waals surface area contributed by atoms with Crippen LogP contribution in [-0.4, -0.2) is 57.8 Å². The molecule has 2 aromatic rings. The molecule has 0 fully saturated rings. The number of carbonyl (C=O) groups excluding carboxylic acids is 2. The van der Waals surface area contributed by atoms with E-state index in [-0.39, 0.29) is 42.5 Å². The van der Waals surface area contributed by atoms with Crippen LogP contribution in [0.3, 0.4) is 0 Å². The fourth-order valence-electron chi connectivity index (χ4n) is 3.73. The lowest BCUT2D eigenvalue weighted by Crippen LogP contribution is -2.53. The van der Waals surface area contributed by atoms with Crippen molar-refractivity contribution in [3.63, 3.8) is 0 Å². The monoisotopic (exact) mass is 550 g/mol. The minimum absolute atomic E-state index is 0.108. The molecule has 0 spiro atoms. The lowest BCUT2D eigenvalue weighted by Gasteiger charge is -2.39. The fraction of sp³-hybridized carbons (Fsp3) is 0.400. The number of rotatable bonds is 12. The molecule has 0 saturated heterocycles. The van der Waals surface area contributed by atoms with Crippen molar-refractivity contribution in [1.29, 1.82) is 0 Å². The molecule has 206 valence electrons.